The molecular formula is C31H36ClF3N6O. The van der Waals surface area contributed by atoms with Gasteiger partial charge in [-0.25, -0.2) is 9.78 Å². The van der Waals surface area contributed by atoms with E-state index < -0.39 is 11.7 Å². The zero-order chi connectivity index (χ0) is 29.5. The van der Waals surface area contributed by atoms with Gasteiger partial charge in [-0.1, -0.05) is 60.1 Å². The fourth-order valence-corrected chi connectivity index (χ4v) is 5.91. The number of carbonyl (C=O) groups excluding carboxylic acids is 1. The van der Waals surface area contributed by atoms with Crippen molar-refractivity contribution in [3.63, 3.8) is 0 Å². The molecule has 3 heterocycles. The quantitative estimate of drug-likeness (QED) is 0.321. The molecule has 0 unspecified atom stereocenters. The van der Waals surface area contributed by atoms with Crippen molar-refractivity contribution in [2.24, 2.45) is 0 Å². The molecule has 42 heavy (non-hydrogen) atoms. The Kier molecular flexibility index (Phi) is 9.87. The van der Waals surface area contributed by atoms with Crippen LogP contribution in [0.2, 0.25) is 5.02 Å². The molecule has 2 amide bonds. The molecule has 2 aliphatic heterocycles. The van der Waals surface area contributed by atoms with E-state index in [0.29, 0.717) is 18.9 Å². The number of benzene rings is 2. The standard InChI is InChI=1S/C31H36ClF3N6O/c32-27-21-24(31(33,34)35)22-36-29(27)41-19-17-40(18-20-41)14-6-13-39-15-11-25(12-16-39)37-30(42)38-28-10-5-4-9-26(28)23-7-2-1-3-8-23/h1-5,7-10,21-22,25H,6,11-20H2,(H2,37,38,42). The second-order valence-corrected chi connectivity index (χ2v) is 11.2. The SMILES string of the molecule is O=C(Nc1ccccc1-c1ccccc1)NC1CCN(CCCN2CCN(c3ncc(C(F)(F)F)cc3Cl)CC2)CC1. The number of piperidine rings is 1. The number of hydrogen-bond acceptors (Lipinski definition) is 5. The van der Waals surface area contributed by atoms with Crippen LogP contribution >= 0.6 is 11.6 Å². The summed E-state index contributed by atoms with van der Waals surface area (Å²) in [6.07, 6.45) is -0.748. The average molecular weight is 601 g/mol. The molecule has 0 atom stereocenters. The van der Waals surface area contributed by atoms with Crippen molar-refractivity contribution in [2.75, 3.05) is 62.6 Å². The van der Waals surface area contributed by atoms with Crippen LogP contribution in [-0.4, -0.2) is 79.2 Å². The molecule has 3 aromatic rings. The highest BCUT2D eigenvalue weighted by Crippen LogP contribution is 2.34. The van der Waals surface area contributed by atoms with Crippen molar-refractivity contribution >= 4 is 29.1 Å². The Bertz CT molecular complexity index is 1330. The fourth-order valence-electron chi connectivity index (χ4n) is 5.63. The van der Waals surface area contributed by atoms with Crippen molar-refractivity contribution in [1.82, 2.24) is 20.1 Å². The van der Waals surface area contributed by atoms with Gasteiger partial charge in [0.2, 0.25) is 0 Å². The number of halogens is 4. The normalized spacial score (nSPS) is 17.3. The summed E-state index contributed by atoms with van der Waals surface area (Å²) in [7, 11) is 0. The van der Waals surface area contributed by atoms with Gasteiger partial charge in [-0.2, -0.15) is 13.2 Å². The number of amides is 2. The number of alkyl halides is 3. The van der Waals surface area contributed by atoms with Gasteiger partial charge in [0.15, 0.2) is 0 Å². The molecule has 0 saturated carbocycles. The van der Waals surface area contributed by atoms with Crippen LogP contribution in [0.4, 0.5) is 29.5 Å². The number of likely N-dealkylation sites (tertiary alicyclic amines) is 1. The van der Waals surface area contributed by atoms with Crippen LogP contribution < -0.4 is 15.5 Å². The highest BCUT2D eigenvalue weighted by atomic mass is 35.5. The first kappa shape index (κ1) is 30.1. The average Bonchev–Trinajstić information content (AvgIpc) is 2.99. The Morgan fingerprint density at radius 2 is 1.55 bits per heavy atom. The molecule has 2 fully saturated rings. The van der Waals surface area contributed by atoms with Gasteiger partial charge in [0.25, 0.3) is 0 Å². The number of para-hydroxylation sites is 1. The number of piperazine rings is 1. The Morgan fingerprint density at radius 3 is 2.21 bits per heavy atom. The summed E-state index contributed by atoms with van der Waals surface area (Å²) < 4.78 is 38.7. The summed E-state index contributed by atoms with van der Waals surface area (Å²) in [5.74, 6) is 0.412. The third kappa shape index (κ3) is 7.93. The van der Waals surface area contributed by atoms with E-state index in [4.69, 9.17) is 11.6 Å². The van der Waals surface area contributed by atoms with E-state index in [1.54, 1.807) is 0 Å². The van der Waals surface area contributed by atoms with Gasteiger partial charge < -0.3 is 20.4 Å². The lowest BCUT2D eigenvalue weighted by Crippen LogP contribution is -2.48. The van der Waals surface area contributed by atoms with Crippen molar-refractivity contribution in [3.8, 4) is 11.1 Å². The minimum absolute atomic E-state index is 0.0330. The first-order valence-electron chi connectivity index (χ1n) is 14.4. The van der Waals surface area contributed by atoms with Crippen LogP contribution in [0.1, 0.15) is 24.8 Å². The minimum Gasteiger partial charge on any atom is -0.353 e. The van der Waals surface area contributed by atoms with Crippen LogP contribution in [0.3, 0.4) is 0 Å². The number of anilines is 2. The Labute approximate surface area is 249 Å². The topological polar surface area (TPSA) is 63.7 Å². The molecule has 2 N–H and O–H groups in total. The van der Waals surface area contributed by atoms with Crippen molar-refractivity contribution < 1.29 is 18.0 Å². The predicted octanol–water partition coefficient (Wildman–Crippen LogP) is 6.22. The molecule has 11 heteroatoms. The number of rotatable bonds is 8. The lowest BCUT2D eigenvalue weighted by atomic mass is 10.0. The number of pyridine rings is 1. The van der Waals surface area contributed by atoms with Crippen molar-refractivity contribution in [2.45, 2.75) is 31.5 Å². The zero-order valence-corrected chi connectivity index (χ0v) is 24.2. The van der Waals surface area contributed by atoms with Gasteiger partial charge in [-0.3, -0.25) is 4.90 Å². The van der Waals surface area contributed by atoms with E-state index in [2.05, 4.69) is 25.4 Å². The lowest BCUT2D eigenvalue weighted by molar-refractivity contribution is -0.137. The number of aromatic nitrogens is 1. The Morgan fingerprint density at radius 1 is 0.905 bits per heavy atom. The molecule has 1 aromatic heterocycles. The van der Waals surface area contributed by atoms with Crippen LogP contribution in [0.5, 0.6) is 0 Å². The summed E-state index contributed by atoms with van der Waals surface area (Å²) in [6.45, 7) is 6.81. The molecule has 0 radical (unpaired) electrons. The van der Waals surface area contributed by atoms with Crippen LogP contribution in [0.15, 0.2) is 66.9 Å². The van der Waals surface area contributed by atoms with Gasteiger partial charge in [0, 0.05) is 57.1 Å². The number of nitrogens with one attached hydrogen (secondary N) is 2. The first-order chi connectivity index (χ1) is 20.3. The predicted molar refractivity (Wildman–Crippen MR) is 161 cm³/mol. The Hall–Kier alpha value is -3.34. The number of urea groups is 1. The largest absolute Gasteiger partial charge is 0.417 e. The smallest absolute Gasteiger partial charge is 0.353 e. The number of hydrogen-bond donors (Lipinski definition) is 2. The third-order valence-electron chi connectivity index (χ3n) is 7.95. The second kappa shape index (κ2) is 13.8. The van der Waals surface area contributed by atoms with Crippen molar-refractivity contribution in [1.29, 1.82) is 0 Å². The van der Waals surface area contributed by atoms with Gasteiger partial charge in [0.1, 0.15) is 5.82 Å². The second-order valence-electron chi connectivity index (χ2n) is 10.8. The van der Waals surface area contributed by atoms with Gasteiger partial charge in [0.05, 0.1) is 16.3 Å². The van der Waals surface area contributed by atoms with E-state index in [-0.39, 0.29) is 17.1 Å². The van der Waals surface area contributed by atoms with Crippen LogP contribution in [0, 0.1) is 0 Å². The molecule has 224 valence electrons. The molecular weight excluding hydrogens is 565 g/mol. The maximum atomic E-state index is 12.9. The Balaban J connectivity index is 0.992. The molecule has 0 aliphatic carbocycles. The van der Waals surface area contributed by atoms with Crippen LogP contribution in [-0.2, 0) is 6.18 Å². The maximum Gasteiger partial charge on any atom is 0.417 e. The van der Waals surface area contributed by atoms with E-state index in [1.807, 2.05) is 59.5 Å². The minimum atomic E-state index is -4.45. The lowest BCUT2D eigenvalue weighted by Gasteiger charge is -2.36. The van der Waals surface area contributed by atoms with E-state index in [0.717, 1.165) is 87.6 Å². The van der Waals surface area contributed by atoms with Crippen molar-refractivity contribution in [3.05, 3.63) is 77.4 Å². The zero-order valence-electron chi connectivity index (χ0n) is 23.4. The number of carbonyl (C=O) groups is 1. The molecule has 0 bridgehead atoms. The number of nitrogens with zero attached hydrogens (tertiary/aromatic N) is 4. The molecule has 2 saturated heterocycles. The molecule has 2 aliphatic rings. The highest BCUT2D eigenvalue weighted by Gasteiger charge is 2.32. The highest BCUT2D eigenvalue weighted by molar-refractivity contribution is 6.33. The summed E-state index contributed by atoms with van der Waals surface area (Å²) >= 11 is 6.13. The molecule has 2 aromatic carbocycles. The van der Waals surface area contributed by atoms with Gasteiger partial charge in [-0.15, -0.1) is 0 Å². The molecule has 0 spiro atoms. The summed E-state index contributed by atoms with van der Waals surface area (Å²) in [4.78, 5) is 23.5. The molecule has 5 rings (SSSR count). The van der Waals surface area contributed by atoms with Crippen LogP contribution in [0.25, 0.3) is 11.1 Å². The maximum absolute atomic E-state index is 12.9. The van der Waals surface area contributed by atoms with E-state index in [1.165, 1.54) is 0 Å². The monoisotopic (exact) mass is 600 g/mol. The van der Waals surface area contributed by atoms with Gasteiger partial charge in [-0.05, 0) is 50.0 Å². The van der Waals surface area contributed by atoms with E-state index >= 15 is 0 Å². The first-order valence-corrected chi connectivity index (χ1v) is 14.8. The molecule has 7 nitrogen and oxygen atoms in total. The third-order valence-corrected chi connectivity index (χ3v) is 8.23. The van der Waals surface area contributed by atoms with Gasteiger partial charge >= 0.3 is 12.2 Å². The fraction of sp³-hybridized carbons (Fsp3) is 0.419. The summed E-state index contributed by atoms with van der Waals surface area (Å²) in [5.41, 5.74) is 2.01. The van der Waals surface area contributed by atoms with E-state index in [9.17, 15) is 18.0 Å². The summed E-state index contributed by atoms with van der Waals surface area (Å²) in [5, 5.41) is 6.21. The summed E-state index contributed by atoms with van der Waals surface area (Å²) in [6, 6.07) is 18.8.